The van der Waals surface area contributed by atoms with E-state index in [1.807, 2.05) is 34.6 Å². The third kappa shape index (κ3) is 8.85. The summed E-state index contributed by atoms with van der Waals surface area (Å²) in [5.41, 5.74) is 3.94. The molecule has 260 valence electrons. The van der Waals surface area contributed by atoms with Crippen LogP contribution in [-0.2, 0) is 29.4 Å². The Labute approximate surface area is 273 Å². The second kappa shape index (κ2) is 14.4. The summed E-state index contributed by atoms with van der Waals surface area (Å²) in [5.74, 6) is -2.93. The summed E-state index contributed by atoms with van der Waals surface area (Å²) in [6.45, 7) is 15.5. The Bertz CT molecular complexity index is 1310. The molecule has 0 radical (unpaired) electrons. The molecule has 0 aromatic rings. The number of Topliss-reactive ketones (excluding diaryl/α,β-unsaturated/α-hetero) is 1. The summed E-state index contributed by atoms with van der Waals surface area (Å²) < 4.78 is 29.0. The van der Waals surface area contributed by atoms with Crippen molar-refractivity contribution < 1.29 is 32.4 Å². The zero-order valence-corrected chi connectivity index (χ0v) is 29.3. The summed E-state index contributed by atoms with van der Waals surface area (Å²) in [7, 11) is -3.68. The minimum atomic E-state index is -3.68. The fraction of sp³-hybridized carbons (Fsp3) is 0.774. The normalized spacial score (nSPS) is 22.6. The van der Waals surface area contributed by atoms with Crippen molar-refractivity contribution in [2.45, 2.75) is 111 Å². The molecule has 2 heterocycles. The molecule has 0 bridgehead atoms. The van der Waals surface area contributed by atoms with E-state index in [1.54, 1.807) is 32.9 Å². The summed E-state index contributed by atoms with van der Waals surface area (Å²) in [5, 5.41) is 8.34. The SMILES string of the molecule is CC(C)N1CCN(C[C@@H](NC(=O)N[C@H](C(=O)N2CC=C[C@H]2C(=O)NC(CC2CCC2)C(=O)C(N)=O)C(C)(C)C)C(C)(C)C)S1(=O)=O. The Morgan fingerprint density at radius 2 is 1.57 bits per heavy atom. The maximum Gasteiger partial charge on any atom is 0.315 e. The van der Waals surface area contributed by atoms with Crippen molar-refractivity contribution in [1.29, 1.82) is 0 Å². The van der Waals surface area contributed by atoms with Crippen LogP contribution in [0.15, 0.2) is 12.2 Å². The van der Waals surface area contributed by atoms with Crippen LogP contribution in [0.4, 0.5) is 4.79 Å². The average Bonchev–Trinajstić information content (AvgIpc) is 3.50. The number of nitrogens with two attached hydrogens (primary N) is 1. The predicted octanol–water partition coefficient (Wildman–Crippen LogP) is 0.882. The molecule has 5 amide bonds. The minimum absolute atomic E-state index is 0.0565. The van der Waals surface area contributed by atoms with Gasteiger partial charge in [-0.1, -0.05) is 73.0 Å². The lowest BCUT2D eigenvalue weighted by atomic mass is 9.80. The third-order valence-electron chi connectivity index (χ3n) is 9.07. The van der Waals surface area contributed by atoms with Crippen molar-refractivity contribution in [3.63, 3.8) is 0 Å². The number of hydrogen-bond acceptors (Lipinski definition) is 7. The first kappa shape index (κ1) is 37.4. The number of rotatable bonds is 12. The number of hydrogen-bond donors (Lipinski definition) is 4. The molecule has 5 N–H and O–H groups in total. The van der Waals surface area contributed by atoms with Crippen LogP contribution in [0.25, 0.3) is 0 Å². The fourth-order valence-electron chi connectivity index (χ4n) is 5.88. The highest BCUT2D eigenvalue weighted by atomic mass is 32.2. The molecule has 1 saturated heterocycles. The van der Waals surface area contributed by atoms with Crippen molar-refractivity contribution in [3.8, 4) is 0 Å². The topological polar surface area (TPSA) is 191 Å². The first-order valence-electron chi connectivity index (χ1n) is 16.1. The average molecular weight is 668 g/mol. The van der Waals surface area contributed by atoms with Gasteiger partial charge in [-0.2, -0.15) is 17.0 Å². The summed E-state index contributed by atoms with van der Waals surface area (Å²) >= 11 is 0. The van der Waals surface area contributed by atoms with Gasteiger partial charge in [0.25, 0.3) is 16.1 Å². The van der Waals surface area contributed by atoms with Gasteiger partial charge in [0.05, 0.1) is 6.04 Å². The van der Waals surface area contributed by atoms with Crippen molar-refractivity contribution >= 4 is 39.7 Å². The van der Waals surface area contributed by atoms with Crippen molar-refractivity contribution in [1.82, 2.24) is 29.5 Å². The molecule has 46 heavy (non-hydrogen) atoms. The number of primary amides is 1. The summed E-state index contributed by atoms with van der Waals surface area (Å²) in [6.07, 6.45) is 6.32. The number of carbonyl (C=O) groups excluding carboxylic acids is 5. The largest absolute Gasteiger partial charge is 0.363 e. The van der Waals surface area contributed by atoms with Crippen LogP contribution in [0.5, 0.6) is 0 Å². The van der Waals surface area contributed by atoms with E-state index >= 15 is 0 Å². The highest BCUT2D eigenvalue weighted by molar-refractivity contribution is 7.87. The van der Waals surface area contributed by atoms with E-state index in [4.69, 9.17) is 5.73 Å². The van der Waals surface area contributed by atoms with Crippen LogP contribution in [0.1, 0.15) is 81.1 Å². The molecule has 1 aliphatic carbocycles. The molecule has 2 aliphatic heterocycles. The molecular weight excluding hydrogens is 614 g/mol. The van der Waals surface area contributed by atoms with Crippen LogP contribution in [0.2, 0.25) is 0 Å². The lowest BCUT2D eigenvalue weighted by Crippen LogP contribution is -2.62. The molecule has 3 aliphatic rings. The number of amides is 5. The number of nitrogens with zero attached hydrogens (tertiary/aromatic N) is 3. The van der Waals surface area contributed by atoms with E-state index in [0.29, 0.717) is 19.5 Å². The van der Waals surface area contributed by atoms with Gasteiger partial charge in [0, 0.05) is 38.3 Å². The van der Waals surface area contributed by atoms with Gasteiger partial charge in [-0.15, -0.1) is 0 Å². The Morgan fingerprint density at radius 1 is 0.935 bits per heavy atom. The molecule has 1 unspecified atom stereocenters. The zero-order chi connectivity index (χ0) is 34.8. The van der Waals surface area contributed by atoms with Gasteiger partial charge in [0.1, 0.15) is 12.1 Å². The van der Waals surface area contributed by atoms with Gasteiger partial charge in [-0.25, -0.2) is 4.79 Å². The van der Waals surface area contributed by atoms with E-state index in [0.717, 1.165) is 19.3 Å². The van der Waals surface area contributed by atoms with Crippen LogP contribution >= 0.6 is 0 Å². The quantitative estimate of drug-likeness (QED) is 0.175. The van der Waals surface area contributed by atoms with Crippen LogP contribution in [0.3, 0.4) is 0 Å². The lowest BCUT2D eigenvalue weighted by molar-refractivity contribution is -0.142. The second-order valence-electron chi connectivity index (χ2n) is 15.1. The zero-order valence-electron chi connectivity index (χ0n) is 28.5. The van der Waals surface area contributed by atoms with Gasteiger partial charge in [-0.3, -0.25) is 19.2 Å². The van der Waals surface area contributed by atoms with E-state index in [9.17, 15) is 32.4 Å². The first-order valence-corrected chi connectivity index (χ1v) is 17.5. The third-order valence-corrected chi connectivity index (χ3v) is 11.3. The van der Waals surface area contributed by atoms with Crippen molar-refractivity contribution in [2.24, 2.45) is 22.5 Å². The summed E-state index contributed by atoms with van der Waals surface area (Å²) in [4.78, 5) is 66.4. The van der Waals surface area contributed by atoms with Crippen molar-refractivity contribution in [2.75, 3.05) is 26.2 Å². The fourth-order valence-corrected chi connectivity index (χ4v) is 7.67. The summed E-state index contributed by atoms with van der Waals surface area (Å²) in [6, 6.07) is -4.63. The van der Waals surface area contributed by atoms with Crippen LogP contribution in [0, 0.1) is 16.7 Å². The van der Waals surface area contributed by atoms with Crippen molar-refractivity contribution in [3.05, 3.63) is 12.2 Å². The van der Waals surface area contributed by atoms with Gasteiger partial charge >= 0.3 is 6.03 Å². The number of ketones is 1. The van der Waals surface area contributed by atoms with Gasteiger partial charge in [0.2, 0.25) is 17.6 Å². The van der Waals surface area contributed by atoms with Gasteiger partial charge < -0.3 is 26.6 Å². The molecule has 0 aromatic carbocycles. The number of nitrogens with one attached hydrogen (secondary N) is 3. The van der Waals surface area contributed by atoms with E-state index in [-0.39, 0.29) is 25.0 Å². The Morgan fingerprint density at radius 3 is 2.04 bits per heavy atom. The van der Waals surface area contributed by atoms with E-state index in [2.05, 4.69) is 16.0 Å². The van der Waals surface area contributed by atoms with Crippen LogP contribution in [-0.4, -0.2) is 108 Å². The highest BCUT2D eigenvalue weighted by Crippen LogP contribution is 2.31. The maximum absolute atomic E-state index is 14.0. The smallest absolute Gasteiger partial charge is 0.315 e. The molecule has 15 heteroatoms. The molecule has 4 atom stereocenters. The van der Waals surface area contributed by atoms with E-state index in [1.165, 1.54) is 13.5 Å². The first-order chi connectivity index (χ1) is 21.1. The Balaban J connectivity index is 1.74. The van der Waals surface area contributed by atoms with Gasteiger partial charge in [-0.05, 0) is 37.0 Å². The highest BCUT2D eigenvalue weighted by Gasteiger charge is 2.44. The van der Waals surface area contributed by atoms with E-state index < -0.39 is 74.7 Å². The molecule has 2 fully saturated rings. The standard InChI is InChI=1S/C31H53N7O7S/c1-19(2)38-16-15-36(46(38,44)45)18-23(30(3,4)5)34-29(43)35-25(31(6,7)8)28(42)37-14-10-13-22(37)27(41)33-21(24(39)26(32)40)17-20-11-9-12-20/h10,13,19-23,25H,9,11-12,14-18H2,1-8H3,(H2,32,40)(H,33,41)(H2,34,35,43)/t21?,22-,23+,25+/m0/s1. The molecule has 0 aromatic heterocycles. The Kier molecular flexibility index (Phi) is 11.7. The second-order valence-corrected chi connectivity index (χ2v) is 17.0. The molecular formula is C31H53N7O7S. The number of urea groups is 1. The molecule has 0 spiro atoms. The lowest BCUT2D eigenvalue weighted by Gasteiger charge is -2.38. The molecule has 1 saturated carbocycles. The maximum atomic E-state index is 14.0. The molecule has 14 nitrogen and oxygen atoms in total. The molecule has 3 rings (SSSR count). The predicted molar refractivity (Wildman–Crippen MR) is 173 cm³/mol. The van der Waals surface area contributed by atoms with Gasteiger partial charge in [0.15, 0.2) is 0 Å². The minimum Gasteiger partial charge on any atom is -0.363 e. The van der Waals surface area contributed by atoms with Crippen LogP contribution < -0.4 is 21.7 Å². The monoisotopic (exact) mass is 667 g/mol. The Hall–Kier alpha value is -3.04. The number of carbonyl (C=O) groups is 5.